The summed E-state index contributed by atoms with van der Waals surface area (Å²) in [6.07, 6.45) is 1.14. The predicted molar refractivity (Wildman–Crippen MR) is 140 cm³/mol. The molecule has 4 N–H and O–H groups in total. The van der Waals surface area contributed by atoms with Crippen LogP contribution in [0.25, 0.3) is 0 Å². The van der Waals surface area contributed by atoms with E-state index in [1.54, 1.807) is 20.8 Å². The molecule has 0 aromatic heterocycles. The van der Waals surface area contributed by atoms with Crippen molar-refractivity contribution >= 4 is 23.8 Å². The number of amides is 4. The van der Waals surface area contributed by atoms with Gasteiger partial charge in [-0.15, -0.1) is 0 Å². The van der Waals surface area contributed by atoms with Crippen LogP contribution in [0.1, 0.15) is 90.0 Å². The zero-order valence-electron chi connectivity index (χ0n) is 23.1. The molecule has 0 aliphatic carbocycles. The smallest absolute Gasteiger partial charge is 0.408 e. The third kappa shape index (κ3) is 10.7. The highest BCUT2D eigenvalue weighted by molar-refractivity contribution is 5.94. The quantitative estimate of drug-likeness (QED) is 0.374. The lowest BCUT2D eigenvalue weighted by Gasteiger charge is -2.35. The van der Waals surface area contributed by atoms with E-state index in [-0.39, 0.29) is 18.5 Å². The molecule has 0 aliphatic heterocycles. The van der Waals surface area contributed by atoms with Gasteiger partial charge in [-0.1, -0.05) is 49.1 Å². The number of carbonyl (C=O) groups excluding carboxylic acids is 4. The summed E-state index contributed by atoms with van der Waals surface area (Å²) >= 11 is 0. The van der Waals surface area contributed by atoms with Gasteiger partial charge in [0.05, 0.1) is 6.42 Å². The molecule has 2 unspecified atom stereocenters. The largest absolute Gasteiger partial charge is 0.444 e. The maximum Gasteiger partial charge on any atom is 0.408 e. The number of benzene rings is 1. The maximum atomic E-state index is 13.9. The first-order valence-electron chi connectivity index (χ1n) is 12.6. The van der Waals surface area contributed by atoms with Gasteiger partial charge in [-0.2, -0.15) is 0 Å². The Labute approximate surface area is 215 Å². The van der Waals surface area contributed by atoms with Gasteiger partial charge in [0.15, 0.2) is 0 Å². The molecule has 0 saturated carbocycles. The van der Waals surface area contributed by atoms with Crippen molar-refractivity contribution < 1.29 is 23.9 Å². The van der Waals surface area contributed by atoms with E-state index in [4.69, 9.17) is 10.5 Å². The number of carbonyl (C=O) groups is 4. The molecule has 1 aromatic carbocycles. The van der Waals surface area contributed by atoms with Crippen molar-refractivity contribution in [1.82, 2.24) is 15.5 Å². The lowest BCUT2D eigenvalue weighted by atomic mass is 9.97. The fraction of sp³-hybridized carbons (Fsp3) is 0.630. The number of ether oxygens (including phenoxy) is 1. The molecule has 9 heteroatoms. The molecule has 0 saturated heterocycles. The highest BCUT2D eigenvalue weighted by Gasteiger charge is 2.37. The third-order valence-electron chi connectivity index (χ3n) is 5.23. The van der Waals surface area contributed by atoms with Gasteiger partial charge < -0.3 is 26.0 Å². The van der Waals surface area contributed by atoms with Gasteiger partial charge in [0.25, 0.3) is 0 Å². The SMILES string of the molecule is CCCCCN(C(=O)C(CC(N)=O)NC(=O)OC(C)(C)C)C(C(=O)NC(C)C)c1cc(C)cc(C)c1. The van der Waals surface area contributed by atoms with Gasteiger partial charge in [-0.3, -0.25) is 14.4 Å². The van der Waals surface area contributed by atoms with Gasteiger partial charge in [0.2, 0.25) is 17.7 Å². The second-order valence-corrected chi connectivity index (χ2v) is 10.6. The first-order chi connectivity index (χ1) is 16.6. The third-order valence-corrected chi connectivity index (χ3v) is 5.23. The van der Waals surface area contributed by atoms with Crippen molar-refractivity contribution in [1.29, 1.82) is 0 Å². The van der Waals surface area contributed by atoms with Crippen molar-refractivity contribution in [3.63, 3.8) is 0 Å². The van der Waals surface area contributed by atoms with Crippen LogP contribution in [0.4, 0.5) is 4.79 Å². The van der Waals surface area contributed by atoms with E-state index in [9.17, 15) is 19.2 Å². The van der Waals surface area contributed by atoms with Crippen molar-refractivity contribution in [2.24, 2.45) is 5.73 Å². The Morgan fingerprint density at radius 2 is 1.58 bits per heavy atom. The molecule has 1 aromatic rings. The summed E-state index contributed by atoms with van der Waals surface area (Å²) in [4.78, 5) is 53.2. The van der Waals surface area contributed by atoms with Gasteiger partial charge in [0.1, 0.15) is 17.7 Å². The van der Waals surface area contributed by atoms with Crippen LogP contribution in [-0.4, -0.2) is 52.9 Å². The Hall–Kier alpha value is -3.10. The lowest BCUT2D eigenvalue weighted by molar-refractivity contribution is -0.143. The van der Waals surface area contributed by atoms with Crippen LogP contribution in [-0.2, 0) is 19.1 Å². The Balaban J connectivity index is 3.55. The van der Waals surface area contributed by atoms with Gasteiger partial charge in [-0.05, 0) is 60.5 Å². The predicted octanol–water partition coefficient (Wildman–Crippen LogP) is 3.66. The minimum atomic E-state index is -1.28. The van der Waals surface area contributed by atoms with E-state index in [0.717, 1.165) is 24.0 Å². The zero-order valence-corrected chi connectivity index (χ0v) is 23.1. The molecule has 0 heterocycles. The molecule has 0 radical (unpaired) electrons. The van der Waals surface area contributed by atoms with Crippen molar-refractivity contribution in [3.8, 4) is 0 Å². The first-order valence-corrected chi connectivity index (χ1v) is 12.6. The highest BCUT2D eigenvalue weighted by atomic mass is 16.6. The number of alkyl carbamates (subject to hydrolysis) is 1. The number of unbranched alkanes of at least 4 members (excludes halogenated alkanes) is 2. The molecule has 36 heavy (non-hydrogen) atoms. The van der Waals surface area contributed by atoms with Crippen molar-refractivity contribution in [2.75, 3.05) is 6.54 Å². The number of nitrogens with two attached hydrogens (primary N) is 1. The Bertz CT molecular complexity index is 903. The molecular formula is C27H44N4O5. The second kappa shape index (κ2) is 13.8. The minimum absolute atomic E-state index is 0.153. The van der Waals surface area contributed by atoms with E-state index in [2.05, 4.69) is 10.6 Å². The molecule has 0 spiro atoms. The number of rotatable bonds is 12. The molecule has 0 bridgehead atoms. The summed E-state index contributed by atoms with van der Waals surface area (Å²) in [6.45, 7) is 14.9. The zero-order chi connectivity index (χ0) is 27.6. The van der Waals surface area contributed by atoms with E-state index in [0.29, 0.717) is 12.0 Å². The van der Waals surface area contributed by atoms with Crippen molar-refractivity contribution in [3.05, 3.63) is 34.9 Å². The molecule has 0 fully saturated rings. The van der Waals surface area contributed by atoms with Crippen LogP contribution < -0.4 is 16.4 Å². The molecule has 0 aliphatic rings. The number of nitrogens with zero attached hydrogens (tertiary/aromatic N) is 1. The van der Waals surface area contributed by atoms with Crippen LogP contribution in [0.5, 0.6) is 0 Å². The Kier molecular flexibility index (Phi) is 11.9. The number of primary amides is 1. The van der Waals surface area contributed by atoms with Gasteiger partial charge in [0, 0.05) is 12.6 Å². The number of hydrogen-bond donors (Lipinski definition) is 3. The van der Waals surface area contributed by atoms with Crippen LogP contribution in [0, 0.1) is 13.8 Å². The summed E-state index contributed by atoms with van der Waals surface area (Å²) in [6, 6.07) is 3.36. The number of nitrogens with one attached hydrogen (secondary N) is 2. The van der Waals surface area contributed by atoms with Gasteiger partial charge >= 0.3 is 6.09 Å². The van der Waals surface area contributed by atoms with Crippen LogP contribution in [0.15, 0.2) is 18.2 Å². The van der Waals surface area contributed by atoms with E-state index >= 15 is 0 Å². The van der Waals surface area contributed by atoms with Gasteiger partial charge in [-0.25, -0.2) is 4.79 Å². The average Bonchev–Trinajstić information content (AvgIpc) is 2.69. The maximum absolute atomic E-state index is 13.9. The molecule has 4 amide bonds. The monoisotopic (exact) mass is 504 g/mol. The second-order valence-electron chi connectivity index (χ2n) is 10.6. The van der Waals surface area contributed by atoms with Crippen molar-refractivity contribution in [2.45, 2.75) is 105 Å². The van der Waals surface area contributed by atoms with E-state index < -0.39 is 42.0 Å². The summed E-state index contributed by atoms with van der Waals surface area (Å²) in [5, 5.41) is 5.42. The van der Waals surface area contributed by atoms with E-state index in [1.165, 1.54) is 4.90 Å². The molecule has 9 nitrogen and oxygen atoms in total. The highest BCUT2D eigenvalue weighted by Crippen LogP contribution is 2.26. The first kappa shape index (κ1) is 30.9. The fourth-order valence-corrected chi connectivity index (χ4v) is 3.95. The number of hydrogen-bond acceptors (Lipinski definition) is 5. The normalized spacial score (nSPS) is 13.0. The summed E-state index contributed by atoms with van der Waals surface area (Å²) in [5.41, 5.74) is 7.19. The van der Waals surface area contributed by atoms with Crippen LogP contribution in [0.2, 0.25) is 0 Å². The summed E-state index contributed by atoms with van der Waals surface area (Å²) < 4.78 is 5.30. The van der Waals surface area contributed by atoms with E-state index in [1.807, 2.05) is 52.8 Å². The molecule has 2 atom stereocenters. The van der Waals surface area contributed by atoms with Crippen LogP contribution >= 0.6 is 0 Å². The van der Waals surface area contributed by atoms with Crippen LogP contribution in [0.3, 0.4) is 0 Å². The average molecular weight is 505 g/mol. The number of aryl methyl sites for hydroxylation is 2. The topological polar surface area (TPSA) is 131 Å². The standard InChI is InChI=1S/C27H44N4O5/c1-9-10-11-12-31(25(34)21(16-22(28)32)30-26(35)36-27(6,7)8)23(24(33)29-17(2)3)20-14-18(4)13-19(5)15-20/h13-15,17,21,23H,9-12,16H2,1-8H3,(H2,28,32)(H,29,33)(H,30,35). The molecule has 202 valence electrons. The fourth-order valence-electron chi connectivity index (χ4n) is 3.95. The Morgan fingerprint density at radius 3 is 2.06 bits per heavy atom. The summed E-state index contributed by atoms with van der Waals surface area (Å²) in [7, 11) is 0. The molecular weight excluding hydrogens is 460 g/mol. The molecule has 1 rings (SSSR count). The minimum Gasteiger partial charge on any atom is -0.444 e. The lowest BCUT2D eigenvalue weighted by Crippen LogP contribution is -2.54. The summed E-state index contributed by atoms with van der Waals surface area (Å²) in [5.74, 6) is -1.67. The Morgan fingerprint density at radius 1 is 1.00 bits per heavy atom.